The molecule has 0 rings (SSSR count). The van der Waals surface area contributed by atoms with Crippen molar-refractivity contribution >= 4 is 5.97 Å². The Bertz CT molecular complexity index is 262. The van der Waals surface area contributed by atoms with E-state index in [1.165, 1.54) is 0 Å². The fraction of sp³-hybridized carbons (Fsp3) is 0.938. The van der Waals surface area contributed by atoms with E-state index >= 15 is 0 Å². The van der Waals surface area contributed by atoms with Crippen LogP contribution >= 0.6 is 0 Å². The van der Waals surface area contributed by atoms with Crippen LogP contribution in [-0.4, -0.2) is 90.4 Å². The van der Waals surface area contributed by atoms with Gasteiger partial charge in [-0.1, -0.05) is 6.92 Å². The lowest BCUT2D eigenvalue weighted by Gasteiger charge is -2.08. The average molecular weight is 352 g/mol. The molecule has 0 unspecified atom stereocenters. The fourth-order valence-electron chi connectivity index (χ4n) is 1.54. The van der Waals surface area contributed by atoms with Gasteiger partial charge in [-0.25, -0.2) is 0 Å². The van der Waals surface area contributed by atoms with Gasteiger partial charge in [-0.3, -0.25) is 4.79 Å². The number of hydrogen-bond donors (Lipinski definition) is 1. The van der Waals surface area contributed by atoms with E-state index in [-0.39, 0.29) is 19.2 Å². The molecular formula is C16H32O8. The Kier molecular flexibility index (Phi) is 19.6. The summed E-state index contributed by atoms with van der Waals surface area (Å²) in [6, 6.07) is 0. The summed E-state index contributed by atoms with van der Waals surface area (Å²) in [4.78, 5) is 11.1. The van der Waals surface area contributed by atoms with Crippen molar-refractivity contribution in [2.75, 3.05) is 79.3 Å². The number of esters is 1. The van der Waals surface area contributed by atoms with E-state index < -0.39 is 0 Å². The summed E-state index contributed by atoms with van der Waals surface area (Å²) in [5.74, 6) is -0.184. The second-order valence-corrected chi connectivity index (χ2v) is 4.76. The van der Waals surface area contributed by atoms with Gasteiger partial charge in [0, 0.05) is 6.42 Å². The zero-order valence-corrected chi connectivity index (χ0v) is 14.7. The molecule has 0 amide bonds. The Hall–Kier alpha value is -0.770. The third-order valence-electron chi connectivity index (χ3n) is 2.67. The molecule has 144 valence electrons. The summed E-state index contributed by atoms with van der Waals surface area (Å²) in [6.45, 7) is 6.87. The number of aliphatic hydroxyl groups excluding tert-OH is 1. The van der Waals surface area contributed by atoms with Crippen LogP contribution in [0.25, 0.3) is 0 Å². The maximum Gasteiger partial charge on any atom is 0.305 e. The van der Waals surface area contributed by atoms with E-state index in [0.29, 0.717) is 72.5 Å². The van der Waals surface area contributed by atoms with E-state index in [0.717, 1.165) is 6.42 Å². The van der Waals surface area contributed by atoms with Gasteiger partial charge in [0.2, 0.25) is 0 Å². The van der Waals surface area contributed by atoms with Crippen molar-refractivity contribution in [2.24, 2.45) is 0 Å². The zero-order chi connectivity index (χ0) is 17.7. The quantitative estimate of drug-likeness (QED) is 0.264. The molecule has 0 aliphatic rings. The Morgan fingerprint density at radius 3 is 1.42 bits per heavy atom. The van der Waals surface area contributed by atoms with Crippen LogP contribution in [0.15, 0.2) is 0 Å². The molecule has 0 atom stereocenters. The summed E-state index contributed by atoms with van der Waals surface area (Å²) in [5, 5.41) is 8.50. The van der Waals surface area contributed by atoms with Gasteiger partial charge in [0.15, 0.2) is 0 Å². The predicted octanol–water partition coefficient (Wildman–Crippen LogP) is 0.405. The number of carbonyl (C=O) groups excluding carboxylic acids is 1. The highest BCUT2D eigenvalue weighted by Crippen LogP contribution is 1.91. The fourth-order valence-corrected chi connectivity index (χ4v) is 1.54. The standard InChI is InChI=1S/C16H32O8/c1-2-3-16(18)24-15-14-23-13-12-22-11-10-21-9-8-20-7-6-19-5-4-17/h17H,2-15H2,1H3. The van der Waals surface area contributed by atoms with Crippen LogP contribution in [0.3, 0.4) is 0 Å². The minimum Gasteiger partial charge on any atom is -0.463 e. The lowest BCUT2D eigenvalue weighted by atomic mass is 10.3. The van der Waals surface area contributed by atoms with E-state index in [2.05, 4.69) is 0 Å². The lowest BCUT2D eigenvalue weighted by Crippen LogP contribution is -2.15. The van der Waals surface area contributed by atoms with Crippen LogP contribution in [0.5, 0.6) is 0 Å². The molecule has 0 spiro atoms. The van der Waals surface area contributed by atoms with Gasteiger partial charge in [0.1, 0.15) is 6.61 Å². The van der Waals surface area contributed by atoms with Crippen molar-refractivity contribution in [3.8, 4) is 0 Å². The maximum atomic E-state index is 11.1. The number of aliphatic hydroxyl groups is 1. The summed E-state index contributed by atoms with van der Waals surface area (Å²) < 4.78 is 31.2. The molecule has 0 aromatic rings. The van der Waals surface area contributed by atoms with Gasteiger partial charge >= 0.3 is 5.97 Å². The molecular weight excluding hydrogens is 320 g/mol. The first kappa shape index (κ1) is 23.2. The van der Waals surface area contributed by atoms with E-state index in [4.69, 9.17) is 33.5 Å². The van der Waals surface area contributed by atoms with Crippen molar-refractivity contribution in [1.29, 1.82) is 0 Å². The average Bonchev–Trinajstić information content (AvgIpc) is 2.58. The molecule has 0 saturated heterocycles. The molecule has 24 heavy (non-hydrogen) atoms. The topological polar surface area (TPSA) is 92.7 Å². The molecule has 0 heterocycles. The monoisotopic (exact) mass is 352 g/mol. The van der Waals surface area contributed by atoms with Crippen LogP contribution in [0, 0.1) is 0 Å². The van der Waals surface area contributed by atoms with Gasteiger partial charge in [-0.2, -0.15) is 0 Å². The van der Waals surface area contributed by atoms with E-state index in [1.54, 1.807) is 0 Å². The lowest BCUT2D eigenvalue weighted by molar-refractivity contribution is -0.145. The van der Waals surface area contributed by atoms with Crippen LogP contribution in [-0.2, 0) is 33.2 Å². The molecule has 8 nitrogen and oxygen atoms in total. The zero-order valence-electron chi connectivity index (χ0n) is 14.7. The van der Waals surface area contributed by atoms with Crippen molar-refractivity contribution in [2.45, 2.75) is 19.8 Å². The summed E-state index contributed by atoms with van der Waals surface area (Å²) in [5.41, 5.74) is 0. The Morgan fingerprint density at radius 1 is 0.667 bits per heavy atom. The Labute approximate surface area is 144 Å². The van der Waals surface area contributed by atoms with Crippen molar-refractivity contribution in [3.05, 3.63) is 0 Å². The van der Waals surface area contributed by atoms with Crippen molar-refractivity contribution in [3.63, 3.8) is 0 Å². The van der Waals surface area contributed by atoms with Gasteiger partial charge in [-0.15, -0.1) is 0 Å². The normalized spacial score (nSPS) is 10.9. The second kappa shape index (κ2) is 20.3. The van der Waals surface area contributed by atoms with Crippen LogP contribution in [0.1, 0.15) is 19.8 Å². The van der Waals surface area contributed by atoms with Gasteiger partial charge in [0.05, 0.1) is 72.7 Å². The molecule has 0 saturated carbocycles. The highest BCUT2D eigenvalue weighted by molar-refractivity contribution is 5.69. The maximum absolute atomic E-state index is 11.1. The molecule has 8 heteroatoms. The van der Waals surface area contributed by atoms with Crippen LogP contribution < -0.4 is 0 Å². The predicted molar refractivity (Wildman–Crippen MR) is 87.0 cm³/mol. The molecule has 0 aliphatic carbocycles. The SMILES string of the molecule is CCCC(=O)OCCOCCOCCOCCOCCOCCO. The van der Waals surface area contributed by atoms with E-state index in [9.17, 15) is 4.79 Å². The summed E-state index contributed by atoms with van der Waals surface area (Å²) in [6.07, 6.45) is 1.24. The minimum atomic E-state index is -0.184. The summed E-state index contributed by atoms with van der Waals surface area (Å²) in [7, 11) is 0. The summed E-state index contributed by atoms with van der Waals surface area (Å²) >= 11 is 0. The number of rotatable bonds is 19. The molecule has 0 bridgehead atoms. The molecule has 0 radical (unpaired) electrons. The molecule has 0 aliphatic heterocycles. The van der Waals surface area contributed by atoms with Gasteiger partial charge < -0.3 is 33.5 Å². The van der Waals surface area contributed by atoms with Crippen LogP contribution in [0.2, 0.25) is 0 Å². The van der Waals surface area contributed by atoms with E-state index in [1.807, 2.05) is 6.92 Å². The number of ether oxygens (including phenoxy) is 6. The largest absolute Gasteiger partial charge is 0.463 e. The molecule has 0 fully saturated rings. The minimum absolute atomic E-state index is 0.0283. The highest BCUT2D eigenvalue weighted by Gasteiger charge is 1.99. The highest BCUT2D eigenvalue weighted by atomic mass is 16.6. The first-order valence-corrected chi connectivity index (χ1v) is 8.46. The number of hydrogen-bond acceptors (Lipinski definition) is 8. The van der Waals surface area contributed by atoms with Crippen LogP contribution in [0.4, 0.5) is 0 Å². The Balaban J connectivity index is 3.01. The van der Waals surface area contributed by atoms with Crippen molar-refractivity contribution < 1.29 is 38.3 Å². The smallest absolute Gasteiger partial charge is 0.305 e. The number of carbonyl (C=O) groups is 1. The first-order chi connectivity index (χ1) is 11.8. The third kappa shape index (κ3) is 19.3. The van der Waals surface area contributed by atoms with Gasteiger partial charge in [0.25, 0.3) is 0 Å². The Morgan fingerprint density at radius 2 is 1.04 bits per heavy atom. The molecule has 1 N–H and O–H groups in total. The third-order valence-corrected chi connectivity index (χ3v) is 2.67. The molecule has 0 aromatic heterocycles. The van der Waals surface area contributed by atoms with Crippen molar-refractivity contribution in [1.82, 2.24) is 0 Å². The first-order valence-electron chi connectivity index (χ1n) is 8.46. The molecule has 0 aromatic carbocycles. The van der Waals surface area contributed by atoms with Gasteiger partial charge in [-0.05, 0) is 6.42 Å². The second-order valence-electron chi connectivity index (χ2n) is 4.76.